The molecule has 1 aliphatic carbocycles. The molecule has 3 rings (SSSR count). The van der Waals surface area contributed by atoms with Gasteiger partial charge in [-0.1, -0.05) is 13.0 Å². The first-order valence-corrected chi connectivity index (χ1v) is 8.58. The summed E-state index contributed by atoms with van der Waals surface area (Å²) in [7, 11) is 0. The van der Waals surface area contributed by atoms with Gasteiger partial charge in [-0.25, -0.2) is 8.78 Å². The zero-order valence-electron chi connectivity index (χ0n) is 13.5. The Bertz CT molecular complexity index is 572. The van der Waals surface area contributed by atoms with Crippen molar-refractivity contribution in [2.45, 2.75) is 44.6 Å². The van der Waals surface area contributed by atoms with Crippen LogP contribution < -0.4 is 5.32 Å². The van der Waals surface area contributed by atoms with Crippen molar-refractivity contribution in [2.24, 2.45) is 5.92 Å². The Balaban J connectivity index is 1.69. The van der Waals surface area contributed by atoms with Crippen LogP contribution in [0.1, 0.15) is 44.1 Å². The van der Waals surface area contributed by atoms with Crippen molar-refractivity contribution >= 4 is 5.91 Å². The van der Waals surface area contributed by atoms with Gasteiger partial charge in [-0.3, -0.25) is 4.79 Å². The SMILES string of the molecule is CCCN(C(=O)C1CC1c1ccc(F)cc1F)C1CCNCC1. The van der Waals surface area contributed by atoms with Gasteiger partial charge in [0, 0.05) is 24.6 Å². The lowest BCUT2D eigenvalue weighted by Gasteiger charge is -2.35. The molecule has 0 aromatic heterocycles. The Hall–Kier alpha value is -1.49. The molecule has 1 amide bonds. The molecule has 0 radical (unpaired) electrons. The van der Waals surface area contributed by atoms with Crippen LogP contribution in [-0.2, 0) is 4.79 Å². The molecule has 1 aliphatic heterocycles. The normalized spacial score (nSPS) is 24.5. The minimum Gasteiger partial charge on any atom is -0.339 e. The first-order chi connectivity index (χ1) is 11.1. The Morgan fingerprint density at radius 3 is 2.70 bits per heavy atom. The number of halogens is 2. The van der Waals surface area contributed by atoms with Crippen LogP contribution in [0.5, 0.6) is 0 Å². The van der Waals surface area contributed by atoms with Crippen LogP contribution in [0.25, 0.3) is 0 Å². The standard InChI is InChI=1S/C18H24F2N2O/c1-2-9-22(13-5-7-21-8-6-13)18(23)16-11-15(16)14-4-3-12(19)10-17(14)20/h3-4,10,13,15-16,21H,2,5-9,11H2,1H3. The van der Waals surface area contributed by atoms with Crippen molar-refractivity contribution in [2.75, 3.05) is 19.6 Å². The summed E-state index contributed by atoms with van der Waals surface area (Å²) in [6.45, 7) is 4.72. The monoisotopic (exact) mass is 322 g/mol. The van der Waals surface area contributed by atoms with Crippen molar-refractivity contribution < 1.29 is 13.6 Å². The largest absolute Gasteiger partial charge is 0.339 e. The molecule has 2 unspecified atom stereocenters. The van der Waals surface area contributed by atoms with Crippen LogP contribution in [0.4, 0.5) is 8.78 Å². The average molecular weight is 322 g/mol. The summed E-state index contributed by atoms with van der Waals surface area (Å²) in [5.41, 5.74) is 0.478. The highest BCUT2D eigenvalue weighted by molar-refractivity contribution is 5.83. The number of hydrogen-bond acceptors (Lipinski definition) is 2. The van der Waals surface area contributed by atoms with E-state index < -0.39 is 11.6 Å². The zero-order chi connectivity index (χ0) is 16.4. The van der Waals surface area contributed by atoms with E-state index in [1.54, 1.807) is 0 Å². The number of carbonyl (C=O) groups excluding carboxylic acids is 1. The van der Waals surface area contributed by atoms with Gasteiger partial charge >= 0.3 is 0 Å². The van der Waals surface area contributed by atoms with Crippen LogP contribution in [-0.4, -0.2) is 36.5 Å². The van der Waals surface area contributed by atoms with Gasteiger partial charge in [-0.05, 0) is 56.3 Å². The van der Waals surface area contributed by atoms with E-state index in [4.69, 9.17) is 0 Å². The van der Waals surface area contributed by atoms with E-state index in [9.17, 15) is 13.6 Å². The van der Waals surface area contributed by atoms with E-state index >= 15 is 0 Å². The highest BCUT2D eigenvalue weighted by Crippen LogP contribution is 2.49. The Kier molecular flexibility index (Phi) is 4.95. The van der Waals surface area contributed by atoms with Crippen molar-refractivity contribution in [3.05, 3.63) is 35.4 Å². The number of nitrogens with zero attached hydrogens (tertiary/aromatic N) is 1. The lowest BCUT2D eigenvalue weighted by atomic mass is 10.0. The summed E-state index contributed by atoms with van der Waals surface area (Å²) >= 11 is 0. The van der Waals surface area contributed by atoms with Crippen LogP contribution in [0, 0.1) is 17.6 Å². The van der Waals surface area contributed by atoms with Gasteiger partial charge in [0.25, 0.3) is 0 Å². The first kappa shape index (κ1) is 16.4. The van der Waals surface area contributed by atoms with Gasteiger partial charge in [-0.2, -0.15) is 0 Å². The molecule has 1 aromatic rings. The molecule has 1 saturated heterocycles. The molecular formula is C18H24F2N2O. The highest BCUT2D eigenvalue weighted by atomic mass is 19.1. The second kappa shape index (κ2) is 6.95. The van der Waals surface area contributed by atoms with Crippen LogP contribution in [0.2, 0.25) is 0 Å². The van der Waals surface area contributed by atoms with E-state index in [0.29, 0.717) is 18.0 Å². The molecule has 1 aromatic carbocycles. The molecule has 5 heteroatoms. The summed E-state index contributed by atoms with van der Waals surface area (Å²) < 4.78 is 26.9. The predicted molar refractivity (Wildman–Crippen MR) is 85.1 cm³/mol. The van der Waals surface area contributed by atoms with Crippen LogP contribution >= 0.6 is 0 Å². The van der Waals surface area contributed by atoms with E-state index in [0.717, 1.165) is 45.0 Å². The molecule has 3 nitrogen and oxygen atoms in total. The summed E-state index contributed by atoms with van der Waals surface area (Å²) in [6.07, 6.45) is 3.56. The summed E-state index contributed by atoms with van der Waals surface area (Å²) in [5, 5.41) is 3.32. The Labute approximate surface area is 136 Å². The number of benzene rings is 1. The molecule has 23 heavy (non-hydrogen) atoms. The molecule has 2 aliphatic rings. The minimum absolute atomic E-state index is 0.0934. The molecule has 2 atom stereocenters. The van der Waals surface area contributed by atoms with Gasteiger partial charge in [0.2, 0.25) is 5.91 Å². The molecule has 2 fully saturated rings. The predicted octanol–water partition coefficient (Wildman–Crippen LogP) is 3.06. The Morgan fingerprint density at radius 1 is 1.30 bits per heavy atom. The van der Waals surface area contributed by atoms with Crippen LogP contribution in [0.15, 0.2) is 18.2 Å². The molecule has 0 bridgehead atoms. The number of piperidine rings is 1. The smallest absolute Gasteiger partial charge is 0.226 e. The maximum Gasteiger partial charge on any atom is 0.226 e. The first-order valence-electron chi connectivity index (χ1n) is 8.58. The fraction of sp³-hybridized carbons (Fsp3) is 0.611. The van der Waals surface area contributed by atoms with Crippen molar-refractivity contribution in [1.82, 2.24) is 10.2 Å². The third-order valence-electron chi connectivity index (χ3n) is 4.97. The zero-order valence-corrected chi connectivity index (χ0v) is 13.5. The maximum atomic E-state index is 13.9. The van der Waals surface area contributed by atoms with Gasteiger partial charge in [0.1, 0.15) is 11.6 Å². The fourth-order valence-corrected chi connectivity index (χ4v) is 3.66. The van der Waals surface area contributed by atoms with E-state index in [1.165, 1.54) is 12.1 Å². The third kappa shape index (κ3) is 3.55. The van der Waals surface area contributed by atoms with E-state index in [1.807, 2.05) is 4.90 Å². The quantitative estimate of drug-likeness (QED) is 0.903. The third-order valence-corrected chi connectivity index (χ3v) is 4.97. The van der Waals surface area contributed by atoms with E-state index in [-0.39, 0.29) is 17.7 Å². The summed E-state index contributed by atoms with van der Waals surface area (Å²) in [6, 6.07) is 3.96. The molecule has 0 spiro atoms. The molecule has 126 valence electrons. The molecular weight excluding hydrogens is 298 g/mol. The van der Waals surface area contributed by atoms with Crippen molar-refractivity contribution in [1.29, 1.82) is 0 Å². The molecule has 1 N–H and O–H groups in total. The number of nitrogens with one attached hydrogen (secondary N) is 1. The fourth-order valence-electron chi connectivity index (χ4n) is 3.66. The number of hydrogen-bond donors (Lipinski definition) is 1. The lowest BCUT2D eigenvalue weighted by molar-refractivity contribution is -0.135. The molecule has 1 heterocycles. The van der Waals surface area contributed by atoms with Crippen molar-refractivity contribution in [3.63, 3.8) is 0 Å². The lowest BCUT2D eigenvalue weighted by Crippen LogP contribution is -2.47. The summed E-state index contributed by atoms with van der Waals surface area (Å²) in [4.78, 5) is 14.9. The number of rotatable bonds is 5. The van der Waals surface area contributed by atoms with Gasteiger partial charge < -0.3 is 10.2 Å². The maximum absolute atomic E-state index is 13.9. The second-order valence-corrected chi connectivity index (χ2v) is 6.63. The van der Waals surface area contributed by atoms with Gasteiger partial charge in [-0.15, -0.1) is 0 Å². The van der Waals surface area contributed by atoms with Crippen LogP contribution in [0.3, 0.4) is 0 Å². The Morgan fingerprint density at radius 2 is 2.04 bits per heavy atom. The van der Waals surface area contributed by atoms with Gasteiger partial charge in [0.05, 0.1) is 0 Å². The second-order valence-electron chi connectivity index (χ2n) is 6.63. The molecule has 1 saturated carbocycles. The number of carbonyl (C=O) groups is 1. The summed E-state index contributed by atoms with van der Waals surface area (Å²) in [5.74, 6) is -1.20. The average Bonchev–Trinajstić information content (AvgIpc) is 3.33. The minimum atomic E-state index is -0.572. The van der Waals surface area contributed by atoms with Crippen molar-refractivity contribution in [3.8, 4) is 0 Å². The topological polar surface area (TPSA) is 32.3 Å². The highest BCUT2D eigenvalue weighted by Gasteiger charge is 2.47. The van der Waals surface area contributed by atoms with E-state index in [2.05, 4.69) is 12.2 Å². The van der Waals surface area contributed by atoms with Gasteiger partial charge in [0.15, 0.2) is 0 Å². The number of amides is 1.